The van der Waals surface area contributed by atoms with Gasteiger partial charge in [0.15, 0.2) is 11.6 Å². The first kappa shape index (κ1) is 13.4. The first-order chi connectivity index (χ1) is 8.99. The van der Waals surface area contributed by atoms with Gasteiger partial charge in [-0.2, -0.15) is 8.78 Å². The van der Waals surface area contributed by atoms with E-state index in [2.05, 4.69) is 4.74 Å². The van der Waals surface area contributed by atoms with Gasteiger partial charge in [-0.15, -0.1) is 0 Å². The minimum absolute atomic E-state index is 0.0354. The van der Waals surface area contributed by atoms with Crippen LogP contribution in [0.4, 0.5) is 17.6 Å². The molecule has 2 aromatic rings. The van der Waals surface area contributed by atoms with E-state index in [-0.39, 0.29) is 16.9 Å². The maximum atomic E-state index is 13.7. The van der Waals surface area contributed by atoms with Gasteiger partial charge in [0.1, 0.15) is 5.75 Å². The average molecular weight is 270 g/mol. The molecule has 100 valence electrons. The smallest absolute Gasteiger partial charge is 0.387 e. The molecule has 19 heavy (non-hydrogen) atoms. The molecule has 0 amide bonds. The lowest BCUT2D eigenvalue weighted by molar-refractivity contribution is -0.0498. The van der Waals surface area contributed by atoms with Crippen LogP contribution in [0.2, 0.25) is 0 Å². The number of halogens is 4. The summed E-state index contributed by atoms with van der Waals surface area (Å²) in [7, 11) is 0. The van der Waals surface area contributed by atoms with Crippen LogP contribution in [0.5, 0.6) is 5.75 Å². The highest BCUT2D eigenvalue weighted by Crippen LogP contribution is 2.28. The lowest BCUT2D eigenvalue weighted by Crippen LogP contribution is -2.01. The van der Waals surface area contributed by atoms with Gasteiger partial charge >= 0.3 is 6.61 Å². The van der Waals surface area contributed by atoms with Crippen molar-refractivity contribution in [2.45, 2.75) is 13.5 Å². The maximum absolute atomic E-state index is 13.7. The molecule has 0 heterocycles. The van der Waals surface area contributed by atoms with E-state index in [1.807, 2.05) is 0 Å². The Morgan fingerprint density at radius 1 is 0.895 bits per heavy atom. The highest BCUT2D eigenvalue weighted by Gasteiger charge is 2.12. The predicted molar refractivity (Wildman–Crippen MR) is 63.2 cm³/mol. The van der Waals surface area contributed by atoms with Crippen LogP contribution in [0.3, 0.4) is 0 Å². The highest BCUT2D eigenvalue weighted by molar-refractivity contribution is 5.65. The van der Waals surface area contributed by atoms with E-state index in [1.54, 1.807) is 0 Å². The normalized spacial score (nSPS) is 10.8. The molecule has 0 spiro atoms. The van der Waals surface area contributed by atoms with Gasteiger partial charge in [0.25, 0.3) is 0 Å². The fourth-order valence-electron chi connectivity index (χ4n) is 1.68. The third kappa shape index (κ3) is 2.86. The number of alkyl halides is 2. The molecule has 2 rings (SSSR count). The summed E-state index contributed by atoms with van der Waals surface area (Å²) < 4.78 is 55.3. The molecule has 0 N–H and O–H groups in total. The Morgan fingerprint density at radius 3 is 2.11 bits per heavy atom. The molecule has 0 atom stereocenters. The summed E-state index contributed by atoms with van der Waals surface area (Å²) in [5.41, 5.74) is 0.670. The Balaban J connectivity index is 2.35. The molecule has 0 saturated heterocycles. The maximum Gasteiger partial charge on any atom is 0.387 e. The molecule has 0 aromatic heterocycles. The fraction of sp³-hybridized carbons (Fsp3) is 0.143. The van der Waals surface area contributed by atoms with E-state index >= 15 is 0 Å². The second-order valence-electron chi connectivity index (χ2n) is 3.96. The largest absolute Gasteiger partial charge is 0.435 e. The van der Waals surface area contributed by atoms with E-state index in [0.29, 0.717) is 5.56 Å². The number of aryl methyl sites for hydroxylation is 1. The summed E-state index contributed by atoms with van der Waals surface area (Å²) in [5.74, 6) is -1.90. The van der Waals surface area contributed by atoms with Crippen LogP contribution in [0.1, 0.15) is 5.56 Å². The first-order valence-electron chi connectivity index (χ1n) is 5.49. The Morgan fingerprint density at radius 2 is 1.53 bits per heavy atom. The summed E-state index contributed by atoms with van der Waals surface area (Å²) in [6, 6.07) is 8.24. The summed E-state index contributed by atoms with van der Waals surface area (Å²) in [6.07, 6.45) is 0. The quantitative estimate of drug-likeness (QED) is 0.744. The number of ether oxygens (including phenoxy) is 1. The summed E-state index contributed by atoms with van der Waals surface area (Å²) >= 11 is 0. The van der Waals surface area contributed by atoms with Crippen LogP contribution >= 0.6 is 0 Å². The van der Waals surface area contributed by atoms with Crippen molar-refractivity contribution in [3.63, 3.8) is 0 Å². The number of rotatable bonds is 3. The Labute approximate surface area is 107 Å². The summed E-state index contributed by atoms with van der Waals surface area (Å²) in [5, 5.41) is 0. The monoisotopic (exact) mass is 270 g/mol. The van der Waals surface area contributed by atoms with Crippen molar-refractivity contribution in [3.05, 3.63) is 53.6 Å². The second-order valence-corrected chi connectivity index (χ2v) is 3.96. The zero-order chi connectivity index (χ0) is 14.0. The van der Waals surface area contributed by atoms with Crippen molar-refractivity contribution in [2.75, 3.05) is 0 Å². The van der Waals surface area contributed by atoms with Gasteiger partial charge < -0.3 is 4.74 Å². The molecule has 0 unspecified atom stereocenters. The molecule has 0 bridgehead atoms. The van der Waals surface area contributed by atoms with Gasteiger partial charge in [-0.1, -0.05) is 24.3 Å². The van der Waals surface area contributed by atoms with Crippen LogP contribution < -0.4 is 4.74 Å². The van der Waals surface area contributed by atoms with Crippen LogP contribution in [0, 0.1) is 18.6 Å². The van der Waals surface area contributed by atoms with Gasteiger partial charge in [0.2, 0.25) is 0 Å². The fourth-order valence-corrected chi connectivity index (χ4v) is 1.68. The molecule has 2 aromatic carbocycles. The zero-order valence-electron chi connectivity index (χ0n) is 9.96. The lowest BCUT2D eigenvalue weighted by atomic mass is 10.0. The van der Waals surface area contributed by atoms with E-state index in [4.69, 9.17) is 0 Å². The van der Waals surface area contributed by atoms with Gasteiger partial charge in [-0.05, 0) is 30.2 Å². The van der Waals surface area contributed by atoms with Crippen molar-refractivity contribution in [1.82, 2.24) is 0 Å². The molecule has 5 heteroatoms. The predicted octanol–water partition coefficient (Wildman–Crippen LogP) is 4.54. The van der Waals surface area contributed by atoms with E-state index in [9.17, 15) is 17.6 Å². The Kier molecular flexibility index (Phi) is 3.74. The van der Waals surface area contributed by atoms with Crippen LogP contribution in [-0.4, -0.2) is 6.61 Å². The molecule has 0 fully saturated rings. The standard InChI is InChI=1S/C14H10F4O/c1-8-2-7-11(13(16)12(8)15)9-3-5-10(6-4-9)19-14(17)18/h2-7,14H,1H3. The van der Waals surface area contributed by atoms with Gasteiger partial charge in [0.05, 0.1) is 0 Å². The second kappa shape index (κ2) is 5.30. The third-order valence-corrected chi connectivity index (χ3v) is 2.67. The van der Waals surface area contributed by atoms with E-state index in [1.165, 1.54) is 43.3 Å². The third-order valence-electron chi connectivity index (χ3n) is 2.67. The van der Waals surface area contributed by atoms with Crippen molar-refractivity contribution >= 4 is 0 Å². The average Bonchev–Trinajstić information content (AvgIpc) is 2.37. The molecule has 0 saturated carbocycles. The topological polar surface area (TPSA) is 9.23 Å². The van der Waals surface area contributed by atoms with Crippen molar-refractivity contribution in [2.24, 2.45) is 0 Å². The van der Waals surface area contributed by atoms with E-state index < -0.39 is 18.2 Å². The highest BCUT2D eigenvalue weighted by atomic mass is 19.3. The van der Waals surface area contributed by atoms with Gasteiger partial charge in [-0.3, -0.25) is 0 Å². The minimum atomic E-state index is -2.92. The number of hydrogen-bond acceptors (Lipinski definition) is 1. The first-order valence-corrected chi connectivity index (χ1v) is 5.49. The SMILES string of the molecule is Cc1ccc(-c2ccc(OC(F)F)cc2)c(F)c1F. The van der Waals surface area contributed by atoms with Crippen LogP contribution in [0.15, 0.2) is 36.4 Å². The summed E-state index contributed by atoms with van der Waals surface area (Å²) in [4.78, 5) is 0. The molecule has 0 radical (unpaired) electrons. The number of benzene rings is 2. The van der Waals surface area contributed by atoms with Crippen molar-refractivity contribution in [1.29, 1.82) is 0 Å². The minimum Gasteiger partial charge on any atom is -0.435 e. The van der Waals surface area contributed by atoms with Gasteiger partial charge in [-0.25, -0.2) is 8.78 Å². The lowest BCUT2D eigenvalue weighted by Gasteiger charge is -2.08. The Hall–Kier alpha value is -2.04. The molecule has 0 aliphatic carbocycles. The molecular weight excluding hydrogens is 260 g/mol. The summed E-state index contributed by atoms with van der Waals surface area (Å²) in [6.45, 7) is -1.46. The van der Waals surface area contributed by atoms with Crippen molar-refractivity contribution in [3.8, 4) is 16.9 Å². The van der Waals surface area contributed by atoms with Crippen LogP contribution in [-0.2, 0) is 0 Å². The number of hydrogen-bond donors (Lipinski definition) is 0. The molecular formula is C14H10F4O. The van der Waals surface area contributed by atoms with Crippen LogP contribution in [0.25, 0.3) is 11.1 Å². The van der Waals surface area contributed by atoms with E-state index in [0.717, 1.165) is 0 Å². The Bertz CT molecular complexity index is 579. The molecule has 0 aliphatic heterocycles. The van der Waals surface area contributed by atoms with Crippen molar-refractivity contribution < 1.29 is 22.3 Å². The van der Waals surface area contributed by atoms with Gasteiger partial charge in [0, 0.05) is 5.56 Å². The molecule has 1 nitrogen and oxygen atoms in total. The molecule has 0 aliphatic rings. The zero-order valence-corrected chi connectivity index (χ0v) is 9.96.